The van der Waals surface area contributed by atoms with Crippen molar-refractivity contribution in [3.05, 3.63) is 112 Å². The van der Waals surface area contributed by atoms with Crippen molar-refractivity contribution in [1.29, 1.82) is 0 Å². The summed E-state index contributed by atoms with van der Waals surface area (Å²) in [7, 11) is -3.68. The van der Waals surface area contributed by atoms with E-state index in [4.69, 9.17) is 0 Å². The lowest BCUT2D eigenvalue weighted by atomic mass is 9.92. The summed E-state index contributed by atoms with van der Waals surface area (Å²) < 4.78 is 57.7. The van der Waals surface area contributed by atoms with E-state index >= 15 is 4.39 Å². The van der Waals surface area contributed by atoms with Gasteiger partial charge in [0.25, 0.3) is 5.91 Å². The van der Waals surface area contributed by atoms with Crippen LogP contribution in [0.2, 0.25) is 0 Å². The van der Waals surface area contributed by atoms with E-state index < -0.39 is 33.3 Å². The van der Waals surface area contributed by atoms with Gasteiger partial charge in [-0.3, -0.25) is 4.79 Å². The van der Waals surface area contributed by atoms with Crippen LogP contribution in [0.15, 0.2) is 88.4 Å². The topological polar surface area (TPSA) is 85.2 Å². The molecule has 1 atom stereocenters. The minimum atomic E-state index is -3.68. The fourth-order valence-corrected chi connectivity index (χ4v) is 6.12. The number of likely N-dealkylation sites (tertiary alicyclic amines) is 1. The monoisotopic (exact) mass is 600 g/mol. The van der Waals surface area contributed by atoms with Crippen LogP contribution in [0.1, 0.15) is 40.1 Å². The zero-order chi connectivity index (χ0) is 27.1. The third-order valence-corrected chi connectivity index (χ3v) is 8.77. The number of carbonyl (C=O) groups is 1. The first-order chi connectivity index (χ1) is 18.1. The highest BCUT2D eigenvalue weighted by molar-refractivity contribution is 9.10. The lowest BCUT2D eigenvalue weighted by Gasteiger charge is -2.43. The number of aromatic nitrogens is 3. The Morgan fingerprint density at radius 2 is 1.82 bits per heavy atom. The molecule has 0 bridgehead atoms. The zero-order valence-electron chi connectivity index (χ0n) is 20.3. The van der Waals surface area contributed by atoms with E-state index in [0.717, 1.165) is 0 Å². The molecule has 7 nitrogen and oxygen atoms in total. The van der Waals surface area contributed by atoms with Crippen LogP contribution >= 0.6 is 15.9 Å². The number of rotatable bonds is 7. The molecule has 5 rings (SSSR count). The van der Waals surface area contributed by atoms with Crippen molar-refractivity contribution in [2.75, 3.05) is 13.1 Å². The maximum absolute atomic E-state index is 15.6. The molecule has 11 heteroatoms. The summed E-state index contributed by atoms with van der Waals surface area (Å²) in [6, 6.07) is 18.7. The van der Waals surface area contributed by atoms with Crippen LogP contribution in [-0.2, 0) is 21.3 Å². The van der Waals surface area contributed by atoms with Crippen molar-refractivity contribution in [2.45, 2.75) is 29.3 Å². The minimum Gasteiger partial charge on any atom is -0.331 e. The van der Waals surface area contributed by atoms with Crippen LogP contribution < -0.4 is 0 Å². The summed E-state index contributed by atoms with van der Waals surface area (Å²) in [5.74, 6) is -1.10. The van der Waals surface area contributed by atoms with Gasteiger partial charge in [0.15, 0.2) is 15.5 Å². The second-order valence-corrected chi connectivity index (χ2v) is 12.2. The van der Waals surface area contributed by atoms with E-state index in [1.54, 1.807) is 49.4 Å². The molecule has 0 aliphatic carbocycles. The molecule has 38 heavy (non-hydrogen) atoms. The number of halogens is 3. The van der Waals surface area contributed by atoms with Crippen LogP contribution in [0.3, 0.4) is 0 Å². The minimum absolute atomic E-state index is 0.0244. The number of alkyl halides is 1. The molecule has 4 aromatic rings. The summed E-state index contributed by atoms with van der Waals surface area (Å²) in [6.45, 7) is 1.21. The Labute approximate surface area is 227 Å². The van der Waals surface area contributed by atoms with Gasteiger partial charge in [0.2, 0.25) is 0 Å². The number of amides is 1. The van der Waals surface area contributed by atoms with Gasteiger partial charge in [-0.15, -0.1) is 5.10 Å². The maximum atomic E-state index is 15.6. The Balaban J connectivity index is 1.27. The SMILES string of the molecule is C[C@@H](c1ccc(Br)cc1F)n1cc(C2(F)CN(C(=O)c3cccc(S(=O)(=O)Cc4ccccc4)c3)C2)nn1. The molecule has 3 aromatic carbocycles. The highest BCUT2D eigenvalue weighted by Crippen LogP contribution is 2.36. The predicted molar refractivity (Wildman–Crippen MR) is 140 cm³/mol. The number of hydrogen-bond donors (Lipinski definition) is 0. The number of sulfone groups is 1. The molecule has 1 aliphatic heterocycles. The second-order valence-electron chi connectivity index (χ2n) is 9.32. The largest absolute Gasteiger partial charge is 0.331 e. The van der Waals surface area contributed by atoms with Crippen molar-refractivity contribution < 1.29 is 22.0 Å². The van der Waals surface area contributed by atoms with Crippen molar-refractivity contribution in [3.63, 3.8) is 0 Å². The number of nitrogens with zero attached hydrogens (tertiary/aromatic N) is 4. The van der Waals surface area contributed by atoms with Crippen LogP contribution in [0.4, 0.5) is 8.78 Å². The normalized spacial score (nSPS) is 15.6. The molecule has 1 amide bonds. The zero-order valence-corrected chi connectivity index (χ0v) is 22.7. The summed E-state index contributed by atoms with van der Waals surface area (Å²) >= 11 is 3.22. The quantitative estimate of drug-likeness (QED) is 0.295. The standard InChI is InChI=1S/C27H23BrF2N4O3S/c1-18(23-11-10-21(28)13-24(23)29)34-14-25(31-32-34)27(30)16-33(17-27)26(35)20-8-5-9-22(12-20)38(36,37)15-19-6-3-2-4-7-19/h2-14,18H,15-17H2,1H3/t18-/m0/s1. The highest BCUT2D eigenvalue weighted by Gasteiger charge is 2.49. The molecule has 1 fully saturated rings. The van der Waals surface area contributed by atoms with E-state index in [9.17, 15) is 17.6 Å². The summed E-state index contributed by atoms with van der Waals surface area (Å²) in [5.41, 5.74) is -0.693. The summed E-state index contributed by atoms with van der Waals surface area (Å²) in [5, 5.41) is 7.93. The molecule has 0 spiro atoms. The molecule has 0 radical (unpaired) electrons. The molecule has 1 aromatic heterocycles. The average Bonchev–Trinajstić information content (AvgIpc) is 3.37. The number of hydrogen-bond acceptors (Lipinski definition) is 5. The Kier molecular flexibility index (Phi) is 6.91. The van der Waals surface area contributed by atoms with Gasteiger partial charge in [-0.1, -0.05) is 63.6 Å². The van der Waals surface area contributed by atoms with Crippen molar-refractivity contribution in [2.24, 2.45) is 0 Å². The van der Waals surface area contributed by atoms with Crippen molar-refractivity contribution in [1.82, 2.24) is 19.9 Å². The van der Waals surface area contributed by atoms with E-state index in [-0.39, 0.29) is 35.0 Å². The van der Waals surface area contributed by atoms with Crippen LogP contribution in [0.5, 0.6) is 0 Å². The Hall–Kier alpha value is -3.44. The van der Waals surface area contributed by atoms with Gasteiger partial charge in [-0.25, -0.2) is 21.9 Å². The van der Waals surface area contributed by atoms with Crippen LogP contribution in [0.25, 0.3) is 0 Å². The molecule has 0 unspecified atom stereocenters. The van der Waals surface area contributed by atoms with E-state index in [1.165, 1.54) is 46.1 Å². The van der Waals surface area contributed by atoms with E-state index in [0.29, 0.717) is 15.6 Å². The first-order valence-corrected chi connectivity index (χ1v) is 14.2. The molecule has 0 N–H and O–H groups in total. The first-order valence-electron chi connectivity index (χ1n) is 11.8. The first kappa shape index (κ1) is 26.2. The Bertz CT molecular complexity index is 1610. The third-order valence-electron chi connectivity index (χ3n) is 6.59. The van der Waals surface area contributed by atoms with Crippen molar-refractivity contribution >= 4 is 31.7 Å². The highest BCUT2D eigenvalue weighted by atomic mass is 79.9. The Morgan fingerprint density at radius 3 is 2.53 bits per heavy atom. The smallest absolute Gasteiger partial charge is 0.254 e. The van der Waals surface area contributed by atoms with Crippen LogP contribution in [0, 0.1) is 5.82 Å². The molecule has 2 heterocycles. The van der Waals surface area contributed by atoms with Gasteiger partial charge in [0.05, 0.1) is 36.0 Å². The van der Waals surface area contributed by atoms with Gasteiger partial charge in [-0.05, 0) is 42.8 Å². The maximum Gasteiger partial charge on any atom is 0.254 e. The average molecular weight is 601 g/mol. The van der Waals surface area contributed by atoms with Gasteiger partial charge >= 0.3 is 0 Å². The summed E-state index contributed by atoms with van der Waals surface area (Å²) in [6.07, 6.45) is 1.42. The fourth-order valence-electron chi connectivity index (χ4n) is 4.40. The van der Waals surface area contributed by atoms with Gasteiger partial charge in [-0.2, -0.15) is 0 Å². The lowest BCUT2D eigenvalue weighted by molar-refractivity contribution is -0.0258. The van der Waals surface area contributed by atoms with E-state index in [2.05, 4.69) is 26.2 Å². The summed E-state index contributed by atoms with van der Waals surface area (Å²) in [4.78, 5) is 14.3. The number of benzene rings is 3. The number of carbonyl (C=O) groups excluding carboxylic acids is 1. The molecule has 0 saturated carbocycles. The van der Waals surface area contributed by atoms with Gasteiger partial charge in [0, 0.05) is 15.6 Å². The molecular weight excluding hydrogens is 578 g/mol. The molecular formula is C27H23BrF2N4O3S. The van der Waals surface area contributed by atoms with E-state index in [1.807, 2.05) is 0 Å². The second kappa shape index (κ2) is 10.0. The Morgan fingerprint density at radius 1 is 1.08 bits per heavy atom. The molecule has 1 aliphatic rings. The third kappa shape index (κ3) is 5.12. The van der Waals surface area contributed by atoms with Crippen LogP contribution in [-0.4, -0.2) is 47.3 Å². The van der Waals surface area contributed by atoms with Crippen molar-refractivity contribution in [3.8, 4) is 0 Å². The van der Waals surface area contributed by atoms with Gasteiger partial charge < -0.3 is 4.90 Å². The predicted octanol–water partition coefficient (Wildman–Crippen LogP) is 5.08. The molecule has 196 valence electrons. The molecule has 1 saturated heterocycles. The fraction of sp³-hybridized carbons (Fsp3) is 0.222. The van der Waals surface area contributed by atoms with Gasteiger partial charge in [0.1, 0.15) is 11.5 Å². The lowest BCUT2D eigenvalue weighted by Crippen LogP contribution is -2.59.